The number of hydrogen-bond donors (Lipinski definition) is 3. The molecule has 0 aromatic rings. The molecule has 0 spiro atoms. The molecule has 0 aromatic carbocycles. The number of unbranched alkanes of at least 4 members (excludes halogenated alkanes) is 24. The number of carbonyl (C=O) groups excluding carboxylic acids is 2. The maximum absolute atomic E-state index is 12.6. The Morgan fingerprint density at radius 2 is 0.878 bits per heavy atom. The highest BCUT2D eigenvalue weighted by atomic mass is 31.2. The van der Waals surface area contributed by atoms with E-state index >= 15 is 0 Å². The van der Waals surface area contributed by atoms with Gasteiger partial charge < -0.3 is 24.6 Å². The van der Waals surface area contributed by atoms with Crippen LogP contribution >= 0.6 is 7.82 Å². The number of rotatable bonds is 38. The fraction of sp³-hybridized carbons (Fsp3) is 0.947. The maximum Gasteiger partial charge on any atom is 0.472 e. The van der Waals surface area contributed by atoms with Crippen LogP contribution in [0, 0.1) is 0 Å². The van der Waals surface area contributed by atoms with Crippen molar-refractivity contribution in [2.45, 2.75) is 206 Å². The van der Waals surface area contributed by atoms with E-state index in [-0.39, 0.29) is 19.4 Å². The van der Waals surface area contributed by atoms with Gasteiger partial charge in [0.25, 0.3) is 0 Å². The van der Waals surface area contributed by atoms with Crippen molar-refractivity contribution in [3.63, 3.8) is 0 Å². The van der Waals surface area contributed by atoms with E-state index < -0.39 is 51.8 Å². The molecule has 0 amide bonds. The number of phosphoric acid groups is 1. The Kier molecular flexibility index (Phi) is 34.6. The molecule has 0 aliphatic rings. The molecule has 10 nitrogen and oxygen atoms in total. The molecule has 0 bridgehead atoms. The third-order valence-corrected chi connectivity index (χ3v) is 9.71. The van der Waals surface area contributed by atoms with Crippen molar-refractivity contribution in [2.75, 3.05) is 26.4 Å². The van der Waals surface area contributed by atoms with Crippen LogP contribution < -0.4 is 0 Å². The molecule has 3 N–H and O–H groups in total. The number of carbonyl (C=O) groups is 2. The summed E-state index contributed by atoms with van der Waals surface area (Å²) in [6.07, 6.45) is 29.3. The van der Waals surface area contributed by atoms with Gasteiger partial charge in [0.15, 0.2) is 6.10 Å². The van der Waals surface area contributed by atoms with Crippen LogP contribution in [0.2, 0.25) is 0 Å². The lowest BCUT2D eigenvalue weighted by molar-refractivity contribution is -0.161. The summed E-state index contributed by atoms with van der Waals surface area (Å²) < 4.78 is 32.6. The van der Waals surface area contributed by atoms with Crippen molar-refractivity contribution >= 4 is 19.8 Å². The van der Waals surface area contributed by atoms with Crippen LogP contribution in [0.15, 0.2) is 0 Å². The summed E-state index contributed by atoms with van der Waals surface area (Å²) >= 11 is 0. The third-order valence-electron chi connectivity index (χ3n) is 8.76. The van der Waals surface area contributed by atoms with Crippen molar-refractivity contribution in [3.05, 3.63) is 0 Å². The topological polar surface area (TPSA) is 149 Å². The van der Waals surface area contributed by atoms with Gasteiger partial charge in [-0.1, -0.05) is 168 Å². The van der Waals surface area contributed by atoms with Gasteiger partial charge in [0.05, 0.1) is 19.8 Å². The molecule has 11 heteroatoms. The summed E-state index contributed by atoms with van der Waals surface area (Å²) in [5.41, 5.74) is 0. The summed E-state index contributed by atoms with van der Waals surface area (Å²) in [4.78, 5) is 34.8. The minimum atomic E-state index is -4.60. The quantitative estimate of drug-likeness (QED) is 0.0319. The predicted octanol–water partition coefficient (Wildman–Crippen LogP) is 9.89. The average Bonchev–Trinajstić information content (AvgIpc) is 3.09. The summed E-state index contributed by atoms with van der Waals surface area (Å²) in [5.74, 6) is -0.914. The van der Waals surface area contributed by atoms with Crippen LogP contribution in [0.3, 0.4) is 0 Å². The fourth-order valence-electron chi connectivity index (χ4n) is 5.64. The highest BCUT2D eigenvalue weighted by Gasteiger charge is 2.27. The second kappa shape index (κ2) is 35.4. The molecule has 0 fully saturated rings. The van der Waals surface area contributed by atoms with E-state index in [0.29, 0.717) is 12.8 Å². The Bertz CT molecular complexity index is 796. The zero-order chi connectivity index (χ0) is 36.3. The van der Waals surface area contributed by atoms with Crippen LogP contribution in [0.5, 0.6) is 0 Å². The minimum Gasteiger partial charge on any atom is -0.462 e. The van der Waals surface area contributed by atoms with E-state index in [1.54, 1.807) is 0 Å². The van der Waals surface area contributed by atoms with Crippen LogP contribution in [0.4, 0.5) is 0 Å². The number of phosphoric ester groups is 1. The zero-order valence-corrected chi connectivity index (χ0v) is 32.3. The normalized spacial score (nSPS) is 14.0. The van der Waals surface area contributed by atoms with Crippen LogP contribution in [0.25, 0.3) is 0 Å². The van der Waals surface area contributed by atoms with Gasteiger partial charge in [-0.2, -0.15) is 0 Å². The highest BCUT2D eigenvalue weighted by molar-refractivity contribution is 7.47. The summed E-state index contributed by atoms with van der Waals surface area (Å²) in [6.45, 7) is 2.39. The van der Waals surface area contributed by atoms with Crippen LogP contribution in [-0.2, 0) is 32.7 Å². The van der Waals surface area contributed by atoms with E-state index in [9.17, 15) is 24.2 Å². The first-order valence-corrected chi connectivity index (χ1v) is 21.5. The van der Waals surface area contributed by atoms with Crippen molar-refractivity contribution in [1.82, 2.24) is 0 Å². The Balaban J connectivity index is 4.30. The Morgan fingerprint density at radius 1 is 0.531 bits per heavy atom. The van der Waals surface area contributed by atoms with Crippen LogP contribution in [-0.4, -0.2) is 65.7 Å². The molecule has 0 aliphatic heterocycles. The van der Waals surface area contributed by atoms with E-state index in [4.69, 9.17) is 19.1 Å². The Labute approximate surface area is 299 Å². The van der Waals surface area contributed by atoms with Crippen molar-refractivity contribution in [1.29, 1.82) is 0 Å². The number of esters is 2. The number of ether oxygens (including phenoxy) is 2. The SMILES string of the molecule is CCCCCCCCCCCCCCCCCC(=O)O[C@H](COC(=O)CCCCCCCCCCCCC)COP(=O)(O)OCC(O)CO. The summed E-state index contributed by atoms with van der Waals surface area (Å²) in [5, 5.41) is 18.3. The van der Waals surface area contributed by atoms with E-state index in [1.165, 1.54) is 116 Å². The maximum atomic E-state index is 12.6. The lowest BCUT2D eigenvalue weighted by atomic mass is 10.0. The molecule has 0 saturated carbocycles. The zero-order valence-electron chi connectivity index (χ0n) is 31.4. The molecule has 0 saturated heterocycles. The highest BCUT2D eigenvalue weighted by Crippen LogP contribution is 2.43. The molecule has 0 heterocycles. The molecule has 0 rings (SSSR count). The monoisotopic (exact) mass is 723 g/mol. The lowest BCUT2D eigenvalue weighted by Crippen LogP contribution is -2.29. The predicted molar refractivity (Wildman–Crippen MR) is 196 cm³/mol. The third kappa shape index (κ3) is 35.2. The van der Waals surface area contributed by atoms with Gasteiger partial charge in [0.2, 0.25) is 0 Å². The van der Waals surface area contributed by atoms with Gasteiger partial charge in [-0.05, 0) is 12.8 Å². The van der Waals surface area contributed by atoms with Crippen LogP contribution in [0.1, 0.15) is 194 Å². The van der Waals surface area contributed by atoms with Gasteiger partial charge in [0.1, 0.15) is 12.7 Å². The first kappa shape index (κ1) is 48.0. The molecule has 0 radical (unpaired) electrons. The van der Waals surface area contributed by atoms with Gasteiger partial charge >= 0.3 is 19.8 Å². The largest absolute Gasteiger partial charge is 0.472 e. The second-order valence-corrected chi connectivity index (χ2v) is 15.1. The average molecular weight is 723 g/mol. The molecule has 3 atom stereocenters. The van der Waals surface area contributed by atoms with Crippen molar-refractivity contribution in [2.24, 2.45) is 0 Å². The molecule has 2 unspecified atom stereocenters. The number of aliphatic hydroxyl groups is 2. The van der Waals surface area contributed by atoms with Gasteiger partial charge in [0, 0.05) is 12.8 Å². The minimum absolute atomic E-state index is 0.192. The van der Waals surface area contributed by atoms with E-state index in [1.807, 2.05) is 0 Å². The Morgan fingerprint density at radius 3 is 1.27 bits per heavy atom. The number of aliphatic hydroxyl groups excluding tert-OH is 2. The summed E-state index contributed by atoms with van der Waals surface area (Å²) in [6, 6.07) is 0. The van der Waals surface area contributed by atoms with Gasteiger partial charge in [-0.15, -0.1) is 0 Å². The van der Waals surface area contributed by atoms with E-state index in [0.717, 1.165) is 38.5 Å². The van der Waals surface area contributed by atoms with Crippen molar-refractivity contribution in [3.8, 4) is 0 Å². The molecule has 0 aliphatic carbocycles. The molecule has 0 aromatic heterocycles. The molecule has 292 valence electrons. The van der Waals surface area contributed by atoms with Crippen molar-refractivity contribution < 1.29 is 47.8 Å². The van der Waals surface area contributed by atoms with Gasteiger partial charge in [-0.25, -0.2) is 4.57 Å². The summed E-state index contributed by atoms with van der Waals surface area (Å²) in [7, 11) is -4.60. The molecular weight excluding hydrogens is 647 g/mol. The lowest BCUT2D eigenvalue weighted by Gasteiger charge is -2.20. The first-order valence-electron chi connectivity index (χ1n) is 20.0. The standard InChI is InChI=1S/C38H75O10P/c1-3-5-7-9-11-13-15-16-17-18-20-22-24-26-28-30-38(42)48-36(34-47-49(43,44)46-32-35(40)31-39)33-45-37(41)29-27-25-23-21-19-14-12-10-8-6-4-2/h35-36,39-40H,3-34H2,1-2H3,(H,43,44)/t35?,36-/m1/s1. The second-order valence-electron chi connectivity index (χ2n) is 13.7. The van der Waals surface area contributed by atoms with E-state index in [2.05, 4.69) is 18.4 Å². The van der Waals surface area contributed by atoms with Gasteiger partial charge in [-0.3, -0.25) is 18.6 Å². The number of hydrogen-bond acceptors (Lipinski definition) is 9. The molecule has 49 heavy (non-hydrogen) atoms. The fourth-order valence-corrected chi connectivity index (χ4v) is 6.43. The first-order chi connectivity index (χ1) is 23.7. The smallest absolute Gasteiger partial charge is 0.462 e. The molecular formula is C38H75O10P. The Hall–Kier alpha value is -1.03.